The number of aliphatic carboxylic acids is 2. The first-order chi connectivity index (χ1) is 22.5. The minimum absolute atomic E-state index is 0.0743. The maximum atomic E-state index is 13.0. The first-order valence-corrected chi connectivity index (χ1v) is 16.1. The molecule has 0 aromatic heterocycles. The van der Waals surface area contributed by atoms with Crippen molar-refractivity contribution in [2.45, 2.75) is 108 Å². The highest BCUT2D eigenvalue weighted by atomic mass is 16.8. The number of aliphatic hydroxyl groups excluding tert-OH is 2. The van der Waals surface area contributed by atoms with Gasteiger partial charge in [0.1, 0.15) is 18.3 Å². The van der Waals surface area contributed by atoms with E-state index in [0.29, 0.717) is 17.9 Å². The normalized spacial score (nSPS) is 30.6. The summed E-state index contributed by atoms with van der Waals surface area (Å²) in [5.41, 5.74) is -5.53. The van der Waals surface area contributed by atoms with Crippen LogP contribution in [0.15, 0.2) is 54.6 Å². The van der Waals surface area contributed by atoms with Crippen LogP contribution < -0.4 is 0 Å². The number of ether oxygens (including phenoxy) is 4. The van der Waals surface area contributed by atoms with Gasteiger partial charge in [-0.05, 0) is 42.2 Å². The molecule has 1 aromatic carbocycles. The average molecular weight is 677 g/mol. The van der Waals surface area contributed by atoms with E-state index in [-0.39, 0.29) is 18.3 Å². The van der Waals surface area contributed by atoms with Gasteiger partial charge in [-0.15, -0.1) is 0 Å². The van der Waals surface area contributed by atoms with E-state index in [1.54, 1.807) is 0 Å². The minimum Gasteiger partial charge on any atom is -0.479 e. The molecule has 0 saturated carbocycles. The zero-order chi connectivity index (χ0) is 36.0. The Kier molecular flexibility index (Phi) is 12.7. The van der Waals surface area contributed by atoms with Crippen molar-refractivity contribution in [2.75, 3.05) is 6.61 Å². The number of carbonyl (C=O) groups is 4. The Morgan fingerprint density at radius 3 is 2.27 bits per heavy atom. The van der Waals surface area contributed by atoms with E-state index in [0.717, 1.165) is 24.5 Å². The molecule has 0 unspecified atom stereocenters. The lowest BCUT2D eigenvalue weighted by Gasteiger charge is -2.49. The molecule has 266 valence electrons. The lowest BCUT2D eigenvalue weighted by molar-refractivity contribution is -0.382. The summed E-state index contributed by atoms with van der Waals surface area (Å²) < 4.78 is 22.5. The number of esters is 2. The molecule has 2 heterocycles. The van der Waals surface area contributed by atoms with Crippen molar-refractivity contribution in [1.82, 2.24) is 0 Å². The Morgan fingerprint density at radius 1 is 1.08 bits per heavy atom. The van der Waals surface area contributed by atoms with Gasteiger partial charge in [0.25, 0.3) is 0 Å². The molecule has 2 bridgehead atoms. The predicted octanol–water partition coefficient (Wildman–Crippen LogP) is 2.79. The first-order valence-electron chi connectivity index (χ1n) is 16.1. The second-order valence-corrected chi connectivity index (χ2v) is 13.1. The number of aliphatic hydroxyl groups is 3. The summed E-state index contributed by atoms with van der Waals surface area (Å²) in [6, 6.07) is 9.43. The Morgan fingerprint density at radius 2 is 1.73 bits per heavy atom. The van der Waals surface area contributed by atoms with Crippen molar-refractivity contribution in [3.05, 3.63) is 60.2 Å². The zero-order valence-corrected chi connectivity index (χ0v) is 28.0. The second kappa shape index (κ2) is 15.7. The molecule has 13 nitrogen and oxygen atoms in total. The third kappa shape index (κ3) is 7.65. The molecule has 0 aliphatic carbocycles. The summed E-state index contributed by atoms with van der Waals surface area (Å²) in [4.78, 5) is 50.6. The van der Waals surface area contributed by atoms with Crippen LogP contribution in [0.4, 0.5) is 0 Å². The monoisotopic (exact) mass is 676 g/mol. The number of carboxylic acids is 2. The fourth-order valence-electron chi connectivity index (χ4n) is 6.63. The topological polar surface area (TPSA) is 206 Å². The fourth-order valence-corrected chi connectivity index (χ4v) is 6.63. The quantitative estimate of drug-likeness (QED) is 0.0915. The lowest BCUT2D eigenvalue weighted by atomic mass is 9.74. The zero-order valence-electron chi connectivity index (χ0n) is 28.0. The van der Waals surface area contributed by atoms with Gasteiger partial charge < -0.3 is 44.5 Å². The second-order valence-electron chi connectivity index (χ2n) is 13.1. The Labute approximate surface area is 280 Å². The van der Waals surface area contributed by atoms with E-state index >= 15 is 0 Å². The van der Waals surface area contributed by atoms with Gasteiger partial charge in [-0.25, -0.2) is 14.4 Å². The molecular formula is C35H48O13. The Hall–Kier alpha value is -3.62. The van der Waals surface area contributed by atoms with Crippen molar-refractivity contribution >= 4 is 23.9 Å². The van der Waals surface area contributed by atoms with Crippen molar-refractivity contribution in [1.29, 1.82) is 0 Å². The number of allylic oxidation sites excluding steroid dienone is 1. The van der Waals surface area contributed by atoms with Crippen LogP contribution >= 0.6 is 0 Å². The van der Waals surface area contributed by atoms with Gasteiger partial charge in [-0.3, -0.25) is 4.79 Å². The molecule has 0 radical (unpaired) electrons. The van der Waals surface area contributed by atoms with Crippen LogP contribution in [0.2, 0.25) is 0 Å². The van der Waals surface area contributed by atoms with Gasteiger partial charge in [0.05, 0.1) is 6.61 Å². The SMILES string of the molecule is C=C(CC[C@@]12O[C@H](CO)[C@@](O)(C(=O)O)[C@@](C(=O)O)(O1)[C@H](OC(=O)/C=C/[C@@H](C)C[C@@H](C)CC)[C@H]2O)[C@@H](OC(C)=O)[C@H](C)Cc1ccccc1. The molecule has 13 heteroatoms. The van der Waals surface area contributed by atoms with Gasteiger partial charge in [0, 0.05) is 25.3 Å². The molecule has 48 heavy (non-hydrogen) atoms. The summed E-state index contributed by atoms with van der Waals surface area (Å²) in [5, 5.41) is 53.8. The number of benzene rings is 1. The van der Waals surface area contributed by atoms with E-state index in [2.05, 4.69) is 6.58 Å². The molecule has 2 saturated heterocycles. The average Bonchev–Trinajstić information content (AvgIpc) is 3.25. The van der Waals surface area contributed by atoms with E-state index in [9.17, 15) is 44.7 Å². The number of carboxylic acid groups (broad SMARTS) is 2. The van der Waals surface area contributed by atoms with Crippen LogP contribution in [0.25, 0.3) is 0 Å². The van der Waals surface area contributed by atoms with Crippen molar-refractivity contribution in [2.24, 2.45) is 17.8 Å². The summed E-state index contributed by atoms with van der Waals surface area (Å²) >= 11 is 0. The molecule has 2 aliphatic rings. The molecule has 0 spiro atoms. The Balaban J connectivity index is 1.97. The smallest absolute Gasteiger partial charge is 0.344 e. The molecule has 2 fully saturated rings. The van der Waals surface area contributed by atoms with Crippen molar-refractivity contribution in [3.8, 4) is 0 Å². The molecule has 3 rings (SSSR count). The summed E-state index contributed by atoms with van der Waals surface area (Å²) in [7, 11) is 0. The number of carbonyl (C=O) groups excluding carboxylic acids is 2. The van der Waals surface area contributed by atoms with Gasteiger partial charge in [-0.1, -0.05) is 77.1 Å². The maximum absolute atomic E-state index is 13.0. The molecule has 1 aromatic rings. The van der Waals surface area contributed by atoms with E-state index in [1.165, 1.54) is 13.0 Å². The van der Waals surface area contributed by atoms with Crippen LogP contribution in [0.1, 0.15) is 65.9 Å². The van der Waals surface area contributed by atoms with Gasteiger partial charge in [0.2, 0.25) is 17.0 Å². The van der Waals surface area contributed by atoms with Crippen molar-refractivity contribution < 1.29 is 63.7 Å². The van der Waals surface area contributed by atoms with E-state index in [4.69, 9.17) is 18.9 Å². The largest absolute Gasteiger partial charge is 0.479 e. The van der Waals surface area contributed by atoms with E-state index < -0.39 is 78.3 Å². The molecule has 5 N–H and O–H groups in total. The first kappa shape index (κ1) is 38.8. The minimum atomic E-state index is -3.52. The highest BCUT2D eigenvalue weighted by Crippen LogP contribution is 2.55. The number of fused-ring (bicyclic) bond motifs is 2. The van der Waals surface area contributed by atoms with Crippen LogP contribution in [0.3, 0.4) is 0 Å². The van der Waals surface area contributed by atoms with Crippen molar-refractivity contribution in [3.63, 3.8) is 0 Å². The van der Waals surface area contributed by atoms with Crippen LogP contribution in [-0.4, -0.2) is 97.4 Å². The molecule has 0 amide bonds. The van der Waals surface area contributed by atoms with Crippen LogP contribution in [0, 0.1) is 17.8 Å². The predicted molar refractivity (Wildman–Crippen MR) is 170 cm³/mol. The maximum Gasteiger partial charge on any atom is 0.344 e. The highest BCUT2D eigenvalue weighted by molar-refractivity contribution is 5.94. The summed E-state index contributed by atoms with van der Waals surface area (Å²) in [6.45, 7) is 11.9. The third-order valence-electron chi connectivity index (χ3n) is 9.34. The van der Waals surface area contributed by atoms with Crippen LogP contribution in [-0.2, 0) is 44.5 Å². The van der Waals surface area contributed by atoms with Gasteiger partial charge in [0.15, 0.2) is 6.10 Å². The number of rotatable bonds is 17. The molecule has 10 atom stereocenters. The number of hydrogen-bond donors (Lipinski definition) is 5. The summed E-state index contributed by atoms with van der Waals surface area (Å²) in [6.07, 6.45) is -3.25. The fraction of sp³-hybridized carbons (Fsp3) is 0.600. The number of hydrogen-bond acceptors (Lipinski definition) is 11. The van der Waals surface area contributed by atoms with Gasteiger partial charge in [-0.2, -0.15) is 0 Å². The van der Waals surface area contributed by atoms with E-state index in [1.807, 2.05) is 58.0 Å². The summed E-state index contributed by atoms with van der Waals surface area (Å²) in [5.74, 6) is -8.34. The molecule has 2 aliphatic heterocycles. The Bertz CT molecular complexity index is 1360. The van der Waals surface area contributed by atoms with Gasteiger partial charge >= 0.3 is 23.9 Å². The highest BCUT2D eigenvalue weighted by Gasteiger charge is 2.84. The third-order valence-corrected chi connectivity index (χ3v) is 9.34. The van der Waals surface area contributed by atoms with Crippen LogP contribution in [0.5, 0.6) is 0 Å². The standard InChI is InChI=1S/C35H48O13/c1-7-20(2)17-21(3)13-14-27(38)46-30-29(39)33(47-26(19-36)34(44,31(40)41)35(30,48-33)32(42)43)16-15-22(4)28(45-24(6)37)23(5)18-25-11-9-8-10-12-25/h8-14,20-21,23,26,28-30,36,39,44H,4,7,15-19H2,1-3,5-6H3,(H,40,41)(H,42,43)/b14-13+/t20-,21+,23+,26+,28+,29+,30+,33+,34+,35+/m0/s1. The lowest BCUT2D eigenvalue weighted by Crippen LogP contribution is -2.77. The molecular weight excluding hydrogens is 628 g/mol.